The van der Waals surface area contributed by atoms with Gasteiger partial charge in [-0.1, -0.05) is 74.4 Å². The van der Waals surface area contributed by atoms with Gasteiger partial charge in [-0.2, -0.15) is 13.2 Å². The smallest absolute Gasteiger partial charge is 0.299 e. The number of aryl methyl sites for hydroxylation is 1. The fourth-order valence-electron chi connectivity index (χ4n) is 4.92. The van der Waals surface area contributed by atoms with Crippen LogP contribution in [0.3, 0.4) is 0 Å². The Morgan fingerprint density at radius 3 is 2.23 bits per heavy atom. The predicted octanol–water partition coefficient (Wildman–Crippen LogP) is 7.37. The monoisotopic (exact) mass is 417 g/mol. The summed E-state index contributed by atoms with van der Waals surface area (Å²) in [5.41, 5.74) is 3.38. The maximum Gasteiger partial charge on any atom is 0.392 e. The third-order valence-corrected chi connectivity index (χ3v) is 6.73. The SMILES string of the molecule is CCC(CCc1ccc(C2CCCCC2C(F)(F)F)cc1)N(C)Cc1ccccc1. The van der Waals surface area contributed by atoms with Gasteiger partial charge < -0.3 is 0 Å². The van der Waals surface area contributed by atoms with E-state index < -0.39 is 12.1 Å². The maximum absolute atomic E-state index is 13.4. The van der Waals surface area contributed by atoms with Crippen LogP contribution in [0.1, 0.15) is 68.1 Å². The van der Waals surface area contributed by atoms with Crippen molar-refractivity contribution < 1.29 is 13.2 Å². The Balaban J connectivity index is 1.58. The second-order valence-corrected chi connectivity index (χ2v) is 8.78. The topological polar surface area (TPSA) is 3.24 Å². The molecule has 0 spiro atoms. The number of rotatable bonds is 8. The average molecular weight is 418 g/mol. The summed E-state index contributed by atoms with van der Waals surface area (Å²) in [6.45, 7) is 3.15. The zero-order valence-corrected chi connectivity index (χ0v) is 18.2. The Bertz CT molecular complexity index is 754. The molecule has 1 aliphatic carbocycles. The van der Waals surface area contributed by atoms with Crippen molar-refractivity contribution in [1.29, 1.82) is 0 Å². The van der Waals surface area contributed by atoms with E-state index in [2.05, 4.69) is 43.1 Å². The van der Waals surface area contributed by atoms with Crippen molar-refractivity contribution in [3.63, 3.8) is 0 Å². The number of alkyl halides is 3. The summed E-state index contributed by atoms with van der Waals surface area (Å²) in [6, 6.07) is 18.9. The van der Waals surface area contributed by atoms with Gasteiger partial charge in [-0.05, 0) is 61.8 Å². The van der Waals surface area contributed by atoms with E-state index in [4.69, 9.17) is 0 Å². The van der Waals surface area contributed by atoms with Crippen molar-refractivity contribution in [3.05, 3.63) is 71.3 Å². The minimum atomic E-state index is -4.10. The molecule has 4 heteroatoms. The van der Waals surface area contributed by atoms with Crippen molar-refractivity contribution in [1.82, 2.24) is 4.90 Å². The Labute approximate surface area is 179 Å². The molecule has 3 rings (SSSR count). The summed E-state index contributed by atoms with van der Waals surface area (Å²) < 4.78 is 40.3. The van der Waals surface area contributed by atoms with Crippen molar-refractivity contribution in [2.24, 2.45) is 5.92 Å². The summed E-state index contributed by atoms with van der Waals surface area (Å²) in [4.78, 5) is 2.40. The molecule has 1 nitrogen and oxygen atoms in total. The summed E-state index contributed by atoms with van der Waals surface area (Å²) >= 11 is 0. The number of benzene rings is 2. The molecule has 0 aromatic heterocycles. The van der Waals surface area contributed by atoms with Crippen LogP contribution in [0, 0.1) is 5.92 Å². The second-order valence-electron chi connectivity index (χ2n) is 8.78. The Hall–Kier alpha value is -1.81. The zero-order chi connectivity index (χ0) is 21.6. The molecule has 3 unspecified atom stereocenters. The van der Waals surface area contributed by atoms with Gasteiger partial charge in [0, 0.05) is 12.6 Å². The Morgan fingerprint density at radius 1 is 0.933 bits per heavy atom. The zero-order valence-electron chi connectivity index (χ0n) is 18.2. The molecule has 0 radical (unpaired) electrons. The van der Waals surface area contributed by atoms with E-state index in [0.29, 0.717) is 18.9 Å². The first-order valence-corrected chi connectivity index (χ1v) is 11.3. The van der Waals surface area contributed by atoms with E-state index in [-0.39, 0.29) is 12.3 Å². The lowest BCUT2D eigenvalue weighted by atomic mass is 9.75. The highest BCUT2D eigenvalue weighted by molar-refractivity contribution is 5.27. The molecule has 0 bridgehead atoms. The Kier molecular flexibility index (Phi) is 7.99. The van der Waals surface area contributed by atoms with Crippen molar-refractivity contribution in [3.8, 4) is 0 Å². The van der Waals surface area contributed by atoms with Gasteiger partial charge in [0.05, 0.1) is 5.92 Å². The van der Waals surface area contributed by atoms with E-state index in [9.17, 15) is 13.2 Å². The molecule has 0 aliphatic heterocycles. The lowest BCUT2D eigenvalue weighted by molar-refractivity contribution is -0.187. The molecule has 0 saturated heterocycles. The highest BCUT2D eigenvalue weighted by Crippen LogP contribution is 2.46. The molecule has 0 heterocycles. The van der Waals surface area contributed by atoms with Crippen LogP contribution in [0.2, 0.25) is 0 Å². The number of halogens is 3. The molecule has 2 aromatic carbocycles. The maximum atomic E-state index is 13.4. The first-order valence-electron chi connectivity index (χ1n) is 11.3. The lowest BCUT2D eigenvalue weighted by Gasteiger charge is -2.33. The van der Waals surface area contributed by atoms with Gasteiger partial charge in [0.2, 0.25) is 0 Å². The highest BCUT2D eigenvalue weighted by atomic mass is 19.4. The van der Waals surface area contributed by atoms with Crippen molar-refractivity contribution >= 4 is 0 Å². The molecule has 0 N–H and O–H groups in total. The van der Waals surface area contributed by atoms with E-state index in [0.717, 1.165) is 37.8 Å². The summed E-state index contributed by atoms with van der Waals surface area (Å²) in [5.74, 6) is -1.57. The van der Waals surface area contributed by atoms with E-state index >= 15 is 0 Å². The van der Waals surface area contributed by atoms with Crippen LogP contribution in [-0.2, 0) is 13.0 Å². The van der Waals surface area contributed by atoms with Crippen LogP contribution in [0.25, 0.3) is 0 Å². The van der Waals surface area contributed by atoms with Gasteiger partial charge in [-0.25, -0.2) is 0 Å². The van der Waals surface area contributed by atoms with Gasteiger partial charge in [-0.3, -0.25) is 4.90 Å². The fourth-order valence-corrected chi connectivity index (χ4v) is 4.92. The number of nitrogens with zero attached hydrogens (tertiary/aromatic N) is 1. The van der Waals surface area contributed by atoms with Gasteiger partial charge in [0.15, 0.2) is 0 Å². The van der Waals surface area contributed by atoms with Gasteiger partial charge in [0.25, 0.3) is 0 Å². The van der Waals surface area contributed by atoms with Gasteiger partial charge in [-0.15, -0.1) is 0 Å². The van der Waals surface area contributed by atoms with Crippen LogP contribution >= 0.6 is 0 Å². The van der Waals surface area contributed by atoms with Gasteiger partial charge >= 0.3 is 6.18 Å². The molecule has 2 aromatic rings. The van der Waals surface area contributed by atoms with Crippen LogP contribution in [0.15, 0.2) is 54.6 Å². The third kappa shape index (κ3) is 6.10. The second kappa shape index (κ2) is 10.5. The van der Waals surface area contributed by atoms with E-state index in [1.165, 1.54) is 11.1 Å². The molecule has 1 aliphatic rings. The normalized spacial score (nSPS) is 21.0. The molecule has 30 heavy (non-hydrogen) atoms. The van der Waals surface area contributed by atoms with E-state index in [1.807, 2.05) is 30.3 Å². The summed E-state index contributed by atoms with van der Waals surface area (Å²) in [6.07, 6.45) is 1.48. The van der Waals surface area contributed by atoms with Crippen LogP contribution in [-0.4, -0.2) is 24.2 Å². The minimum Gasteiger partial charge on any atom is -0.299 e. The highest BCUT2D eigenvalue weighted by Gasteiger charge is 2.45. The lowest BCUT2D eigenvalue weighted by Crippen LogP contribution is -2.31. The summed E-state index contributed by atoms with van der Waals surface area (Å²) in [7, 11) is 2.17. The molecule has 0 amide bonds. The molecule has 1 saturated carbocycles. The van der Waals surface area contributed by atoms with Crippen LogP contribution in [0.5, 0.6) is 0 Å². The molecular weight excluding hydrogens is 383 g/mol. The minimum absolute atomic E-state index is 0.266. The van der Waals surface area contributed by atoms with E-state index in [1.54, 1.807) is 0 Å². The number of hydrogen-bond donors (Lipinski definition) is 0. The number of hydrogen-bond acceptors (Lipinski definition) is 1. The summed E-state index contributed by atoms with van der Waals surface area (Å²) in [5, 5.41) is 0. The van der Waals surface area contributed by atoms with Crippen molar-refractivity contribution in [2.45, 2.75) is 76.6 Å². The van der Waals surface area contributed by atoms with Crippen molar-refractivity contribution in [2.75, 3.05) is 7.05 Å². The largest absolute Gasteiger partial charge is 0.392 e. The van der Waals surface area contributed by atoms with Crippen LogP contribution < -0.4 is 0 Å². The fraction of sp³-hybridized carbons (Fsp3) is 0.538. The molecule has 3 atom stereocenters. The average Bonchev–Trinajstić information content (AvgIpc) is 2.75. The predicted molar refractivity (Wildman–Crippen MR) is 118 cm³/mol. The molecule has 1 fully saturated rings. The Morgan fingerprint density at radius 2 is 1.60 bits per heavy atom. The first kappa shape index (κ1) is 22.9. The third-order valence-electron chi connectivity index (χ3n) is 6.73. The quantitative estimate of drug-likeness (QED) is 0.433. The molecular formula is C26H34F3N. The van der Waals surface area contributed by atoms with Crippen LogP contribution in [0.4, 0.5) is 13.2 Å². The van der Waals surface area contributed by atoms with Gasteiger partial charge in [0.1, 0.15) is 0 Å². The molecule has 164 valence electrons. The standard InChI is InChI=1S/C26H34F3N/c1-3-23(30(2)19-21-9-5-4-6-10-21)18-15-20-13-16-22(17-14-20)24-11-7-8-12-25(24)26(27,28)29/h4-6,9-10,13-14,16-17,23-25H,3,7-8,11-12,15,18-19H2,1-2H3. The first-order chi connectivity index (χ1) is 14.4.